The maximum atomic E-state index is 13.5. The SMILES string of the molecule is Cc1ccc(C(=O)CCC(=O)NCCc2ccccc2F)cc1C. The Bertz CT molecular complexity index is 740. The predicted octanol–water partition coefficient (Wildman–Crippen LogP) is 3.76. The smallest absolute Gasteiger partial charge is 0.220 e. The van der Waals surface area contributed by atoms with Crippen LogP contribution in [0.3, 0.4) is 0 Å². The molecular weight excluding hydrogens is 305 g/mol. The first-order chi connectivity index (χ1) is 11.5. The van der Waals surface area contributed by atoms with Gasteiger partial charge in [-0.3, -0.25) is 9.59 Å². The highest BCUT2D eigenvalue weighted by atomic mass is 19.1. The van der Waals surface area contributed by atoms with E-state index in [4.69, 9.17) is 0 Å². The number of carbonyl (C=O) groups excluding carboxylic acids is 2. The van der Waals surface area contributed by atoms with E-state index in [-0.39, 0.29) is 30.3 Å². The number of amides is 1. The molecule has 24 heavy (non-hydrogen) atoms. The second-order valence-corrected chi connectivity index (χ2v) is 5.91. The molecule has 2 aromatic carbocycles. The van der Waals surface area contributed by atoms with E-state index in [1.54, 1.807) is 24.3 Å². The van der Waals surface area contributed by atoms with Gasteiger partial charge in [-0.2, -0.15) is 0 Å². The van der Waals surface area contributed by atoms with Gasteiger partial charge in [0, 0.05) is 24.9 Å². The zero-order chi connectivity index (χ0) is 17.5. The molecule has 4 heteroatoms. The molecule has 1 N–H and O–H groups in total. The van der Waals surface area contributed by atoms with Crippen molar-refractivity contribution < 1.29 is 14.0 Å². The van der Waals surface area contributed by atoms with E-state index in [0.29, 0.717) is 24.1 Å². The molecule has 0 radical (unpaired) electrons. The van der Waals surface area contributed by atoms with Crippen LogP contribution in [0.1, 0.15) is 39.9 Å². The minimum Gasteiger partial charge on any atom is -0.356 e. The molecule has 0 spiro atoms. The van der Waals surface area contributed by atoms with Gasteiger partial charge in [0.1, 0.15) is 5.82 Å². The van der Waals surface area contributed by atoms with Crippen LogP contribution in [0, 0.1) is 19.7 Å². The highest BCUT2D eigenvalue weighted by molar-refractivity contribution is 5.98. The molecule has 0 atom stereocenters. The number of ketones is 1. The number of Topliss-reactive ketones (excluding diaryl/α,β-unsaturated/α-hetero) is 1. The summed E-state index contributed by atoms with van der Waals surface area (Å²) in [6.07, 6.45) is 0.751. The van der Waals surface area contributed by atoms with Gasteiger partial charge in [-0.05, 0) is 49.1 Å². The summed E-state index contributed by atoms with van der Waals surface area (Å²) in [5.41, 5.74) is 3.41. The summed E-state index contributed by atoms with van der Waals surface area (Å²) in [5, 5.41) is 2.73. The molecular formula is C20H22FNO2. The number of aryl methyl sites for hydroxylation is 2. The standard InChI is InChI=1S/C20H22FNO2/c1-14-7-8-17(13-15(14)2)19(23)9-10-20(24)22-12-11-16-5-3-4-6-18(16)21/h3-8,13H,9-12H2,1-2H3,(H,22,24). The lowest BCUT2D eigenvalue weighted by Gasteiger charge is -2.07. The summed E-state index contributed by atoms with van der Waals surface area (Å²) >= 11 is 0. The first-order valence-electron chi connectivity index (χ1n) is 8.08. The van der Waals surface area contributed by atoms with Gasteiger partial charge in [-0.15, -0.1) is 0 Å². The number of hydrogen-bond acceptors (Lipinski definition) is 2. The van der Waals surface area contributed by atoms with Crippen molar-refractivity contribution in [1.82, 2.24) is 5.32 Å². The number of carbonyl (C=O) groups is 2. The molecule has 3 nitrogen and oxygen atoms in total. The van der Waals surface area contributed by atoms with Crippen molar-refractivity contribution in [1.29, 1.82) is 0 Å². The Morgan fingerprint density at radius 1 is 1.00 bits per heavy atom. The minimum absolute atomic E-state index is 0.0395. The van der Waals surface area contributed by atoms with E-state index >= 15 is 0 Å². The molecule has 0 unspecified atom stereocenters. The average molecular weight is 327 g/mol. The molecule has 0 aliphatic rings. The minimum atomic E-state index is -0.267. The van der Waals surface area contributed by atoms with Gasteiger partial charge in [0.05, 0.1) is 0 Å². The average Bonchev–Trinajstić information content (AvgIpc) is 2.57. The Labute approximate surface area is 141 Å². The third-order valence-electron chi connectivity index (χ3n) is 4.08. The number of halogens is 1. The van der Waals surface area contributed by atoms with Gasteiger partial charge in [0.2, 0.25) is 5.91 Å². The van der Waals surface area contributed by atoms with Crippen LogP contribution in [-0.4, -0.2) is 18.2 Å². The molecule has 126 valence electrons. The maximum Gasteiger partial charge on any atom is 0.220 e. The molecule has 0 aromatic heterocycles. The molecule has 0 saturated carbocycles. The van der Waals surface area contributed by atoms with E-state index in [2.05, 4.69) is 5.32 Å². The second-order valence-electron chi connectivity index (χ2n) is 5.91. The number of benzene rings is 2. The normalized spacial score (nSPS) is 10.5. The first-order valence-corrected chi connectivity index (χ1v) is 8.08. The lowest BCUT2D eigenvalue weighted by Crippen LogP contribution is -2.26. The second kappa shape index (κ2) is 8.39. The van der Waals surface area contributed by atoms with Gasteiger partial charge in [-0.1, -0.05) is 30.3 Å². The molecule has 0 aliphatic carbocycles. The number of nitrogens with one attached hydrogen (secondary N) is 1. The predicted molar refractivity (Wildman–Crippen MR) is 92.6 cm³/mol. The lowest BCUT2D eigenvalue weighted by molar-refractivity contribution is -0.121. The van der Waals surface area contributed by atoms with Crippen LogP contribution in [0.25, 0.3) is 0 Å². The van der Waals surface area contributed by atoms with Crippen LogP contribution in [0.2, 0.25) is 0 Å². The monoisotopic (exact) mass is 327 g/mol. The van der Waals surface area contributed by atoms with Gasteiger partial charge in [-0.25, -0.2) is 4.39 Å². The third kappa shape index (κ3) is 5.01. The van der Waals surface area contributed by atoms with E-state index < -0.39 is 0 Å². The summed E-state index contributed by atoms with van der Waals surface area (Å²) in [4.78, 5) is 23.9. The van der Waals surface area contributed by atoms with Crippen molar-refractivity contribution in [2.24, 2.45) is 0 Å². The van der Waals surface area contributed by atoms with E-state index in [1.165, 1.54) is 6.07 Å². The van der Waals surface area contributed by atoms with Crippen LogP contribution >= 0.6 is 0 Å². The number of hydrogen-bond donors (Lipinski definition) is 1. The largest absolute Gasteiger partial charge is 0.356 e. The van der Waals surface area contributed by atoms with Crippen molar-refractivity contribution in [3.8, 4) is 0 Å². The zero-order valence-electron chi connectivity index (χ0n) is 14.1. The van der Waals surface area contributed by atoms with Crippen molar-refractivity contribution >= 4 is 11.7 Å². The molecule has 0 aliphatic heterocycles. The summed E-state index contributed by atoms with van der Waals surface area (Å²) in [6, 6.07) is 12.1. The fourth-order valence-corrected chi connectivity index (χ4v) is 2.41. The fraction of sp³-hybridized carbons (Fsp3) is 0.300. The summed E-state index contributed by atoms with van der Waals surface area (Å²) in [6.45, 7) is 4.31. The third-order valence-corrected chi connectivity index (χ3v) is 4.08. The Kier molecular flexibility index (Phi) is 6.24. The van der Waals surface area contributed by atoms with E-state index in [1.807, 2.05) is 26.0 Å². The molecule has 2 rings (SSSR count). The van der Waals surface area contributed by atoms with Crippen molar-refractivity contribution in [3.63, 3.8) is 0 Å². The summed E-state index contributed by atoms with van der Waals surface area (Å²) < 4.78 is 13.5. The number of rotatable bonds is 7. The van der Waals surface area contributed by atoms with Gasteiger partial charge < -0.3 is 5.32 Å². The first kappa shape index (κ1) is 17.9. The van der Waals surface area contributed by atoms with E-state index in [9.17, 15) is 14.0 Å². The van der Waals surface area contributed by atoms with Gasteiger partial charge >= 0.3 is 0 Å². The van der Waals surface area contributed by atoms with Crippen LogP contribution in [-0.2, 0) is 11.2 Å². The Hall–Kier alpha value is -2.49. The molecule has 1 amide bonds. The van der Waals surface area contributed by atoms with Crippen molar-refractivity contribution in [3.05, 3.63) is 70.5 Å². The fourth-order valence-electron chi connectivity index (χ4n) is 2.41. The van der Waals surface area contributed by atoms with E-state index in [0.717, 1.165) is 11.1 Å². The molecule has 0 bridgehead atoms. The van der Waals surface area contributed by atoms with Crippen molar-refractivity contribution in [2.45, 2.75) is 33.1 Å². The molecule has 2 aromatic rings. The van der Waals surface area contributed by atoms with Crippen LogP contribution in [0.5, 0.6) is 0 Å². The van der Waals surface area contributed by atoms with Crippen LogP contribution in [0.15, 0.2) is 42.5 Å². The molecule has 0 fully saturated rings. The topological polar surface area (TPSA) is 46.2 Å². The summed E-state index contributed by atoms with van der Waals surface area (Å²) in [5.74, 6) is -0.498. The highest BCUT2D eigenvalue weighted by Gasteiger charge is 2.10. The van der Waals surface area contributed by atoms with Crippen LogP contribution in [0.4, 0.5) is 4.39 Å². The zero-order valence-corrected chi connectivity index (χ0v) is 14.1. The molecule has 0 heterocycles. The Morgan fingerprint density at radius 2 is 1.75 bits per heavy atom. The molecule has 0 saturated heterocycles. The Morgan fingerprint density at radius 3 is 2.46 bits per heavy atom. The van der Waals surface area contributed by atoms with Crippen LogP contribution < -0.4 is 5.32 Å². The quantitative estimate of drug-likeness (QED) is 0.787. The van der Waals surface area contributed by atoms with Gasteiger partial charge in [0.25, 0.3) is 0 Å². The van der Waals surface area contributed by atoms with Crippen molar-refractivity contribution in [2.75, 3.05) is 6.54 Å². The Balaban J connectivity index is 1.75. The highest BCUT2D eigenvalue weighted by Crippen LogP contribution is 2.12. The summed E-state index contributed by atoms with van der Waals surface area (Å²) in [7, 11) is 0. The lowest BCUT2D eigenvalue weighted by atomic mass is 10.0. The van der Waals surface area contributed by atoms with Gasteiger partial charge in [0.15, 0.2) is 5.78 Å². The maximum absolute atomic E-state index is 13.5.